The number of para-hydroxylation sites is 1. The zero-order valence-corrected chi connectivity index (χ0v) is 14.6. The monoisotopic (exact) mass is 325 g/mol. The van der Waals surface area contributed by atoms with E-state index in [9.17, 15) is 4.79 Å². The topological polar surface area (TPSA) is 44.7 Å². The highest BCUT2D eigenvalue weighted by Gasteiger charge is 2.51. The lowest BCUT2D eigenvalue weighted by molar-refractivity contribution is -0.123. The molecule has 0 aromatic heterocycles. The summed E-state index contributed by atoms with van der Waals surface area (Å²) in [7, 11) is 0. The molecule has 1 saturated carbocycles. The van der Waals surface area contributed by atoms with Gasteiger partial charge in [-0.25, -0.2) is 0 Å². The van der Waals surface area contributed by atoms with Gasteiger partial charge < -0.3 is 10.2 Å². The summed E-state index contributed by atoms with van der Waals surface area (Å²) < 4.78 is 0. The molecule has 4 heteroatoms. The molecule has 1 atom stereocenters. The second-order valence-corrected chi connectivity index (χ2v) is 7.47. The van der Waals surface area contributed by atoms with Gasteiger partial charge in [-0.3, -0.25) is 9.79 Å². The summed E-state index contributed by atoms with van der Waals surface area (Å²) in [6, 6.07) is 8.34. The van der Waals surface area contributed by atoms with Crippen molar-refractivity contribution in [1.82, 2.24) is 4.90 Å². The number of aliphatic imine (C=N–C) groups is 1. The first-order valence-electron chi connectivity index (χ1n) is 9.39. The number of rotatable bonds is 5. The van der Waals surface area contributed by atoms with Crippen LogP contribution in [0.15, 0.2) is 29.3 Å². The molecule has 1 aromatic rings. The summed E-state index contributed by atoms with van der Waals surface area (Å²) in [6.45, 7) is 5.06. The summed E-state index contributed by atoms with van der Waals surface area (Å²) in [5.74, 6) is 1.89. The smallest absolute Gasteiger partial charge is 0.235 e. The van der Waals surface area contributed by atoms with Gasteiger partial charge in [0.15, 0.2) is 0 Å². The molecule has 4 rings (SSSR count). The third-order valence-corrected chi connectivity index (χ3v) is 6.28. The maximum absolute atomic E-state index is 13.1. The van der Waals surface area contributed by atoms with Crippen LogP contribution in [0.5, 0.6) is 0 Å². The lowest BCUT2D eigenvalue weighted by Gasteiger charge is -2.34. The number of amidine groups is 1. The molecule has 4 nitrogen and oxygen atoms in total. The first kappa shape index (κ1) is 15.7. The molecule has 2 heterocycles. The number of hydrogen-bond acceptors (Lipinski definition) is 3. The van der Waals surface area contributed by atoms with Crippen molar-refractivity contribution in [1.29, 1.82) is 0 Å². The van der Waals surface area contributed by atoms with Gasteiger partial charge in [-0.05, 0) is 50.2 Å². The Labute approximate surface area is 144 Å². The number of nitrogens with one attached hydrogen (secondary N) is 1. The number of carbonyl (C=O) groups excluding carboxylic acids is 1. The van der Waals surface area contributed by atoms with E-state index in [-0.39, 0.29) is 11.3 Å². The van der Waals surface area contributed by atoms with Crippen molar-refractivity contribution in [3.63, 3.8) is 0 Å². The van der Waals surface area contributed by atoms with Crippen LogP contribution in [0, 0.1) is 5.92 Å². The Bertz CT molecular complexity index is 663. The maximum Gasteiger partial charge on any atom is 0.235 e. The van der Waals surface area contributed by atoms with Gasteiger partial charge >= 0.3 is 0 Å². The first-order chi connectivity index (χ1) is 11.7. The lowest BCUT2D eigenvalue weighted by Crippen LogP contribution is -2.41. The zero-order valence-electron chi connectivity index (χ0n) is 14.6. The molecule has 0 saturated heterocycles. The fourth-order valence-electron chi connectivity index (χ4n) is 5.03. The minimum Gasteiger partial charge on any atom is -0.359 e. The minimum absolute atomic E-state index is 0.238. The summed E-state index contributed by atoms with van der Waals surface area (Å²) in [6.07, 6.45) is 6.90. The molecule has 2 aliphatic heterocycles. The number of amides is 1. The van der Waals surface area contributed by atoms with Crippen LogP contribution in [0.3, 0.4) is 0 Å². The average molecular weight is 325 g/mol. The van der Waals surface area contributed by atoms with Gasteiger partial charge in [-0.15, -0.1) is 0 Å². The number of anilines is 1. The molecule has 1 fully saturated rings. The van der Waals surface area contributed by atoms with Crippen molar-refractivity contribution in [2.75, 3.05) is 25.0 Å². The van der Waals surface area contributed by atoms with Crippen LogP contribution in [0.2, 0.25) is 0 Å². The van der Waals surface area contributed by atoms with Crippen LogP contribution in [0.25, 0.3) is 0 Å². The third-order valence-electron chi connectivity index (χ3n) is 6.28. The van der Waals surface area contributed by atoms with E-state index in [0.29, 0.717) is 5.92 Å². The Hall–Kier alpha value is -1.84. The van der Waals surface area contributed by atoms with E-state index >= 15 is 0 Å². The summed E-state index contributed by atoms with van der Waals surface area (Å²) in [5.41, 5.74) is 1.97. The van der Waals surface area contributed by atoms with Gasteiger partial charge in [0.1, 0.15) is 0 Å². The molecule has 1 aromatic carbocycles. The highest BCUT2D eigenvalue weighted by molar-refractivity contribution is 6.06. The van der Waals surface area contributed by atoms with Crippen LogP contribution in [0.1, 0.15) is 51.0 Å². The second-order valence-electron chi connectivity index (χ2n) is 7.47. The van der Waals surface area contributed by atoms with E-state index in [1.165, 1.54) is 31.2 Å². The van der Waals surface area contributed by atoms with Crippen LogP contribution in [-0.4, -0.2) is 36.3 Å². The molecule has 1 aliphatic carbocycles. The molecule has 1 amide bonds. The van der Waals surface area contributed by atoms with Crippen LogP contribution in [0.4, 0.5) is 5.69 Å². The Morgan fingerprint density at radius 3 is 2.83 bits per heavy atom. The van der Waals surface area contributed by atoms with E-state index in [1.54, 1.807) is 0 Å². The van der Waals surface area contributed by atoms with E-state index < -0.39 is 0 Å². The predicted molar refractivity (Wildman–Crippen MR) is 97.5 cm³/mol. The van der Waals surface area contributed by atoms with Gasteiger partial charge in [0.25, 0.3) is 0 Å². The summed E-state index contributed by atoms with van der Waals surface area (Å²) >= 11 is 0. The summed E-state index contributed by atoms with van der Waals surface area (Å²) in [4.78, 5) is 19.9. The average Bonchev–Trinajstić information content (AvgIpc) is 3.29. The predicted octanol–water partition coefficient (Wildman–Crippen LogP) is 3.58. The SMILES string of the molecule is CC1=NCCN1CCCC1(C2CCCC2)C(=O)Nc2ccccc21. The molecular formula is C20H27N3O. The number of benzene rings is 1. The molecule has 128 valence electrons. The number of carbonyl (C=O) groups is 1. The van der Waals surface area contributed by atoms with Crippen molar-refractivity contribution in [3.05, 3.63) is 29.8 Å². The van der Waals surface area contributed by atoms with E-state index in [0.717, 1.165) is 44.0 Å². The van der Waals surface area contributed by atoms with E-state index in [4.69, 9.17) is 0 Å². The van der Waals surface area contributed by atoms with Crippen molar-refractivity contribution < 1.29 is 4.79 Å². The lowest BCUT2D eigenvalue weighted by atomic mass is 9.67. The van der Waals surface area contributed by atoms with Crippen molar-refractivity contribution >= 4 is 17.4 Å². The van der Waals surface area contributed by atoms with Crippen LogP contribution in [-0.2, 0) is 10.2 Å². The Kier molecular flexibility index (Phi) is 4.07. The fraction of sp³-hybridized carbons (Fsp3) is 0.600. The van der Waals surface area contributed by atoms with Crippen molar-refractivity contribution in [2.24, 2.45) is 10.9 Å². The number of fused-ring (bicyclic) bond motifs is 1. The molecule has 0 bridgehead atoms. The van der Waals surface area contributed by atoms with Gasteiger partial charge in [0.2, 0.25) is 5.91 Å². The van der Waals surface area contributed by atoms with Crippen molar-refractivity contribution in [2.45, 2.75) is 50.9 Å². The Morgan fingerprint density at radius 1 is 1.29 bits per heavy atom. The standard InChI is InChI=1S/C20H27N3O/c1-15-21-12-14-23(15)13-6-11-20(16-7-2-3-8-16)17-9-4-5-10-18(17)22-19(20)24/h4-5,9-10,16H,2-3,6-8,11-14H2,1H3,(H,22,24). The van der Waals surface area contributed by atoms with E-state index in [2.05, 4.69) is 40.3 Å². The van der Waals surface area contributed by atoms with Gasteiger partial charge in [-0.1, -0.05) is 31.0 Å². The summed E-state index contributed by atoms with van der Waals surface area (Å²) in [5, 5.41) is 3.18. The molecule has 3 aliphatic rings. The molecule has 0 radical (unpaired) electrons. The normalized spacial score (nSPS) is 26.6. The Morgan fingerprint density at radius 2 is 2.08 bits per heavy atom. The largest absolute Gasteiger partial charge is 0.359 e. The Balaban J connectivity index is 1.58. The molecule has 1 unspecified atom stereocenters. The zero-order chi connectivity index (χ0) is 16.6. The minimum atomic E-state index is -0.308. The molecule has 24 heavy (non-hydrogen) atoms. The maximum atomic E-state index is 13.1. The fourth-order valence-corrected chi connectivity index (χ4v) is 5.03. The third kappa shape index (κ3) is 2.43. The molecule has 1 N–H and O–H groups in total. The molecular weight excluding hydrogens is 298 g/mol. The van der Waals surface area contributed by atoms with E-state index in [1.807, 2.05) is 6.07 Å². The van der Waals surface area contributed by atoms with Crippen molar-refractivity contribution in [3.8, 4) is 0 Å². The molecule has 0 spiro atoms. The highest BCUT2D eigenvalue weighted by atomic mass is 16.2. The van der Waals surface area contributed by atoms with Gasteiger partial charge in [-0.2, -0.15) is 0 Å². The van der Waals surface area contributed by atoms with Gasteiger partial charge in [0, 0.05) is 18.8 Å². The highest BCUT2D eigenvalue weighted by Crippen LogP contribution is 2.51. The second kappa shape index (κ2) is 6.23. The number of hydrogen-bond donors (Lipinski definition) is 1. The van der Waals surface area contributed by atoms with Crippen LogP contribution < -0.4 is 5.32 Å². The van der Waals surface area contributed by atoms with Gasteiger partial charge in [0.05, 0.1) is 17.8 Å². The quantitative estimate of drug-likeness (QED) is 0.899. The first-order valence-corrected chi connectivity index (χ1v) is 9.39. The number of nitrogens with zero attached hydrogens (tertiary/aromatic N) is 2. The van der Waals surface area contributed by atoms with Crippen LogP contribution >= 0.6 is 0 Å².